The second-order valence-electron chi connectivity index (χ2n) is 5.49. The number of carbonyl (C=O) groups excluding carboxylic acids is 1. The Kier molecular flexibility index (Phi) is 6.49. The molecule has 1 aliphatic rings. The van der Waals surface area contributed by atoms with Gasteiger partial charge in [0.2, 0.25) is 5.91 Å². The summed E-state index contributed by atoms with van der Waals surface area (Å²) in [6, 6.07) is 8.12. The van der Waals surface area contributed by atoms with E-state index < -0.39 is 0 Å². The van der Waals surface area contributed by atoms with E-state index in [4.69, 9.17) is 11.6 Å². The molecule has 2 N–H and O–H groups in total. The van der Waals surface area contributed by atoms with Gasteiger partial charge in [0.05, 0.1) is 6.54 Å². The molecule has 1 saturated heterocycles. The molecule has 0 spiro atoms. The molecule has 0 aliphatic carbocycles. The van der Waals surface area contributed by atoms with Gasteiger partial charge in [-0.2, -0.15) is 0 Å². The molecule has 1 aromatic rings. The van der Waals surface area contributed by atoms with Crippen LogP contribution in [0.2, 0.25) is 5.02 Å². The highest BCUT2D eigenvalue weighted by Gasteiger charge is 2.18. The van der Waals surface area contributed by atoms with Gasteiger partial charge in [-0.1, -0.05) is 36.7 Å². The molecule has 0 saturated carbocycles. The molecule has 1 atom stereocenters. The number of hydrogen-bond donors (Lipinski definition) is 2. The van der Waals surface area contributed by atoms with Crippen LogP contribution in [0.5, 0.6) is 0 Å². The van der Waals surface area contributed by atoms with Crippen LogP contribution in [0, 0.1) is 0 Å². The van der Waals surface area contributed by atoms with E-state index in [1.807, 2.05) is 24.3 Å². The van der Waals surface area contributed by atoms with Gasteiger partial charge in [-0.3, -0.25) is 9.69 Å². The zero-order valence-corrected chi connectivity index (χ0v) is 13.3. The van der Waals surface area contributed by atoms with E-state index in [1.165, 1.54) is 12.8 Å². The summed E-state index contributed by atoms with van der Waals surface area (Å²) >= 11 is 6.08. The fraction of sp³-hybridized carbons (Fsp3) is 0.562. The highest BCUT2D eigenvalue weighted by molar-refractivity contribution is 6.31. The monoisotopic (exact) mass is 309 g/mol. The summed E-state index contributed by atoms with van der Waals surface area (Å²) in [5, 5.41) is 7.11. The summed E-state index contributed by atoms with van der Waals surface area (Å²) in [5.41, 5.74) is 0.952. The van der Waals surface area contributed by atoms with Crippen molar-refractivity contribution in [3.63, 3.8) is 0 Å². The van der Waals surface area contributed by atoms with Crippen LogP contribution in [0.4, 0.5) is 0 Å². The van der Waals surface area contributed by atoms with E-state index >= 15 is 0 Å². The van der Waals surface area contributed by atoms with E-state index in [9.17, 15) is 4.79 Å². The molecule has 1 aromatic carbocycles. The summed E-state index contributed by atoms with van der Waals surface area (Å²) in [6.07, 6.45) is 2.44. The third-order valence-corrected chi connectivity index (χ3v) is 4.26. The van der Waals surface area contributed by atoms with Crippen LogP contribution < -0.4 is 10.6 Å². The number of halogens is 1. The lowest BCUT2D eigenvalue weighted by atomic mass is 10.2. The molecule has 1 heterocycles. The lowest BCUT2D eigenvalue weighted by Crippen LogP contribution is -2.43. The van der Waals surface area contributed by atoms with Crippen LogP contribution in [0.3, 0.4) is 0 Å². The van der Waals surface area contributed by atoms with Gasteiger partial charge in [0.1, 0.15) is 0 Å². The molecule has 1 amide bonds. The molecule has 0 bridgehead atoms. The van der Waals surface area contributed by atoms with Gasteiger partial charge >= 0.3 is 0 Å². The third-order valence-electron chi connectivity index (χ3n) is 3.89. The molecule has 1 unspecified atom stereocenters. The minimum absolute atomic E-state index is 0.0507. The lowest BCUT2D eigenvalue weighted by molar-refractivity contribution is -0.122. The van der Waals surface area contributed by atoms with Gasteiger partial charge in [-0.05, 0) is 37.6 Å². The number of benzene rings is 1. The summed E-state index contributed by atoms with van der Waals surface area (Å²) in [6.45, 7) is 5.95. The summed E-state index contributed by atoms with van der Waals surface area (Å²) in [5.74, 6) is 0.0507. The Morgan fingerprint density at radius 1 is 1.48 bits per heavy atom. The molecule has 1 fully saturated rings. The molecule has 0 radical (unpaired) electrons. The third kappa shape index (κ3) is 5.30. The number of nitrogens with one attached hydrogen (secondary N) is 2. The minimum atomic E-state index is 0.0507. The van der Waals surface area contributed by atoms with Gasteiger partial charge in [-0.15, -0.1) is 0 Å². The van der Waals surface area contributed by atoms with Crippen molar-refractivity contribution in [1.29, 1.82) is 0 Å². The van der Waals surface area contributed by atoms with Crippen LogP contribution in [-0.4, -0.2) is 43.0 Å². The van der Waals surface area contributed by atoms with E-state index in [2.05, 4.69) is 22.5 Å². The van der Waals surface area contributed by atoms with E-state index in [0.717, 1.165) is 25.2 Å². The number of carbonyl (C=O) groups is 1. The molecule has 1 aliphatic heterocycles. The van der Waals surface area contributed by atoms with Gasteiger partial charge in [0, 0.05) is 24.2 Å². The smallest absolute Gasteiger partial charge is 0.234 e. The topological polar surface area (TPSA) is 44.4 Å². The van der Waals surface area contributed by atoms with Crippen LogP contribution in [-0.2, 0) is 11.3 Å². The van der Waals surface area contributed by atoms with Crippen LogP contribution >= 0.6 is 11.6 Å². The average molecular weight is 310 g/mol. The van der Waals surface area contributed by atoms with Crippen LogP contribution in [0.1, 0.15) is 25.3 Å². The van der Waals surface area contributed by atoms with Gasteiger partial charge in [0.15, 0.2) is 0 Å². The Hall–Kier alpha value is -1.10. The van der Waals surface area contributed by atoms with Gasteiger partial charge < -0.3 is 10.6 Å². The van der Waals surface area contributed by atoms with Crippen molar-refractivity contribution in [2.75, 3.05) is 26.2 Å². The lowest BCUT2D eigenvalue weighted by Gasteiger charge is -2.23. The molecular weight excluding hydrogens is 286 g/mol. The average Bonchev–Trinajstić information content (AvgIpc) is 2.98. The van der Waals surface area contributed by atoms with Crippen molar-refractivity contribution < 1.29 is 4.79 Å². The number of rotatable bonds is 7. The molecule has 116 valence electrons. The normalized spacial score (nSPS) is 18.1. The Balaban J connectivity index is 1.75. The second-order valence-corrected chi connectivity index (χ2v) is 5.90. The highest BCUT2D eigenvalue weighted by Crippen LogP contribution is 2.14. The Bertz CT molecular complexity index is 461. The predicted octanol–water partition coefficient (Wildman–Crippen LogP) is 2.03. The van der Waals surface area contributed by atoms with Crippen molar-refractivity contribution >= 4 is 17.5 Å². The van der Waals surface area contributed by atoms with Gasteiger partial charge in [0.25, 0.3) is 0 Å². The first-order valence-corrected chi connectivity index (χ1v) is 8.02. The first-order chi connectivity index (χ1) is 10.2. The van der Waals surface area contributed by atoms with Crippen molar-refractivity contribution in [3.8, 4) is 0 Å². The Morgan fingerprint density at radius 3 is 2.95 bits per heavy atom. The largest absolute Gasteiger partial charge is 0.351 e. The SMILES string of the molecule is CCN(CC(=O)NCc1ccccc1Cl)CC1CCCN1. The summed E-state index contributed by atoms with van der Waals surface area (Å²) in [7, 11) is 0. The van der Waals surface area contributed by atoms with Crippen molar-refractivity contribution in [1.82, 2.24) is 15.5 Å². The quantitative estimate of drug-likeness (QED) is 0.810. The predicted molar refractivity (Wildman–Crippen MR) is 86.4 cm³/mol. The fourth-order valence-electron chi connectivity index (χ4n) is 2.62. The molecule has 21 heavy (non-hydrogen) atoms. The molecule has 5 heteroatoms. The van der Waals surface area contributed by atoms with Crippen molar-refractivity contribution in [2.24, 2.45) is 0 Å². The molecule has 4 nitrogen and oxygen atoms in total. The maximum absolute atomic E-state index is 12.1. The Morgan fingerprint density at radius 2 is 2.29 bits per heavy atom. The first-order valence-electron chi connectivity index (χ1n) is 7.65. The van der Waals surface area contributed by atoms with E-state index in [1.54, 1.807) is 0 Å². The summed E-state index contributed by atoms with van der Waals surface area (Å²) < 4.78 is 0. The van der Waals surface area contributed by atoms with Crippen molar-refractivity contribution in [3.05, 3.63) is 34.9 Å². The molecule has 0 aromatic heterocycles. The van der Waals surface area contributed by atoms with Crippen molar-refractivity contribution in [2.45, 2.75) is 32.4 Å². The van der Waals surface area contributed by atoms with Gasteiger partial charge in [-0.25, -0.2) is 0 Å². The zero-order valence-electron chi connectivity index (χ0n) is 12.6. The van der Waals surface area contributed by atoms with Crippen LogP contribution in [0.15, 0.2) is 24.3 Å². The maximum atomic E-state index is 12.1. The summed E-state index contributed by atoms with van der Waals surface area (Å²) in [4.78, 5) is 14.2. The second kappa shape index (κ2) is 8.37. The minimum Gasteiger partial charge on any atom is -0.351 e. The number of likely N-dealkylation sites (N-methyl/N-ethyl adjacent to an activating group) is 1. The number of hydrogen-bond acceptors (Lipinski definition) is 3. The van der Waals surface area contributed by atoms with E-state index in [0.29, 0.717) is 24.2 Å². The number of nitrogens with zero attached hydrogens (tertiary/aromatic N) is 1. The molecular formula is C16H24ClN3O. The highest BCUT2D eigenvalue weighted by atomic mass is 35.5. The standard InChI is InChI=1S/C16H24ClN3O/c1-2-20(11-14-7-5-9-18-14)12-16(21)19-10-13-6-3-4-8-15(13)17/h3-4,6,8,14,18H,2,5,7,9-12H2,1H3,(H,19,21). The zero-order chi connectivity index (χ0) is 15.1. The maximum Gasteiger partial charge on any atom is 0.234 e. The first kappa shape index (κ1) is 16.3. The Labute approximate surface area is 131 Å². The van der Waals surface area contributed by atoms with E-state index in [-0.39, 0.29) is 5.91 Å². The number of amides is 1. The molecule has 2 rings (SSSR count). The van der Waals surface area contributed by atoms with Crippen LogP contribution in [0.25, 0.3) is 0 Å². The fourth-order valence-corrected chi connectivity index (χ4v) is 2.83.